The molecule has 1 aromatic heterocycles. The average molecular weight is 331 g/mol. The number of nitrogens with one attached hydrogen (secondary N) is 3. The molecule has 7 heteroatoms. The van der Waals surface area contributed by atoms with Crippen LogP contribution in [0.3, 0.4) is 0 Å². The van der Waals surface area contributed by atoms with Gasteiger partial charge in [0.2, 0.25) is 5.91 Å². The highest BCUT2D eigenvalue weighted by molar-refractivity contribution is 5.99. The molecule has 0 aliphatic heterocycles. The lowest BCUT2D eigenvalue weighted by Gasteiger charge is -2.17. The number of hydrazine groups is 1. The Morgan fingerprint density at radius 1 is 1.08 bits per heavy atom. The Morgan fingerprint density at radius 2 is 1.75 bits per heavy atom. The Hall–Kier alpha value is -2.83. The Kier molecular flexibility index (Phi) is 4.92. The lowest BCUT2D eigenvalue weighted by Crippen LogP contribution is -2.47. The van der Waals surface area contributed by atoms with Crippen LogP contribution in [0.4, 0.5) is 0 Å². The monoisotopic (exact) mass is 331 g/mol. The van der Waals surface area contributed by atoms with E-state index in [0.717, 1.165) is 5.39 Å². The Labute approximate surface area is 139 Å². The molecular weight excluding hydrogens is 310 g/mol. The maximum atomic E-state index is 12.1. The molecule has 3 amide bonds. The summed E-state index contributed by atoms with van der Waals surface area (Å²) >= 11 is 0. The number of para-hydroxylation sites is 1. The highest BCUT2D eigenvalue weighted by atomic mass is 16.3. The summed E-state index contributed by atoms with van der Waals surface area (Å²) in [5.74, 6) is -1.21. The molecule has 0 bridgehead atoms. The van der Waals surface area contributed by atoms with Crippen LogP contribution in [-0.4, -0.2) is 24.3 Å². The molecule has 0 aliphatic rings. The predicted molar refractivity (Wildman–Crippen MR) is 89.0 cm³/mol. The van der Waals surface area contributed by atoms with Gasteiger partial charge in [-0.15, -0.1) is 0 Å². The Balaban J connectivity index is 1.91. The standard InChI is InChI=1S/C17H21N3O4/c1-10-11-7-5-6-8-12(11)24-14(10)15(22)20-19-13(21)9-18-16(23)17(2,3)4/h5-8H,9H2,1-4H3,(H,18,23)(H,19,21)(H,20,22). The third kappa shape index (κ3) is 3.92. The second-order valence-electron chi connectivity index (χ2n) is 6.49. The number of aryl methyl sites for hydroxylation is 1. The molecule has 2 rings (SSSR count). The van der Waals surface area contributed by atoms with E-state index in [1.165, 1.54) is 0 Å². The molecule has 0 unspecified atom stereocenters. The molecule has 0 fully saturated rings. The largest absolute Gasteiger partial charge is 0.451 e. The molecule has 128 valence electrons. The zero-order valence-corrected chi connectivity index (χ0v) is 14.1. The summed E-state index contributed by atoms with van der Waals surface area (Å²) in [5, 5.41) is 3.33. The lowest BCUT2D eigenvalue weighted by atomic mass is 9.96. The maximum Gasteiger partial charge on any atom is 0.305 e. The minimum absolute atomic E-state index is 0.134. The van der Waals surface area contributed by atoms with Gasteiger partial charge >= 0.3 is 5.91 Å². The molecule has 0 radical (unpaired) electrons. The van der Waals surface area contributed by atoms with Crippen LogP contribution >= 0.6 is 0 Å². The summed E-state index contributed by atoms with van der Waals surface area (Å²) < 4.78 is 5.50. The Morgan fingerprint density at radius 3 is 2.38 bits per heavy atom. The fourth-order valence-electron chi connectivity index (χ4n) is 2.04. The van der Waals surface area contributed by atoms with Crippen molar-refractivity contribution in [2.24, 2.45) is 5.41 Å². The van der Waals surface area contributed by atoms with Gasteiger partial charge in [-0.05, 0) is 13.0 Å². The van der Waals surface area contributed by atoms with Crippen molar-refractivity contribution in [1.82, 2.24) is 16.2 Å². The van der Waals surface area contributed by atoms with Crippen LogP contribution in [0.25, 0.3) is 11.0 Å². The topological polar surface area (TPSA) is 100 Å². The SMILES string of the molecule is Cc1c(C(=O)NNC(=O)CNC(=O)C(C)(C)C)oc2ccccc12. The molecule has 0 saturated carbocycles. The number of carbonyl (C=O) groups is 3. The van der Waals surface area contributed by atoms with Crippen LogP contribution in [0.15, 0.2) is 28.7 Å². The number of hydrogen-bond donors (Lipinski definition) is 3. The fraction of sp³-hybridized carbons (Fsp3) is 0.353. The van der Waals surface area contributed by atoms with Crippen molar-refractivity contribution in [3.05, 3.63) is 35.6 Å². The number of carbonyl (C=O) groups excluding carboxylic acids is 3. The first kappa shape index (κ1) is 17.5. The van der Waals surface area contributed by atoms with E-state index in [4.69, 9.17) is 4.42 Å². The lowest BCUT2D eigenvalue weighted by molar-refractivity contribution is -0.131. The summed E-state index contributed by atoms with van der Waals surface area (Å²) in [6, 6.07) is 7.28. The van der Waals surface area contributed by atoms with Gasteiger partial charge in [-0.3, -0.25) is 25.2 Å². The van der Waals surface area contributed by atoms with Gasteiger partial charge in [0.15, 0.2) is 5.76 Å². The summed E-state index contributed by atoms with van der Waals surface area (Å²) in [4.78, 5) is 35.5. The van der Waals surface area contributed by atoms with Crippen molar-refractivity contribution in [1.29, 1.82) is 0 Å². The zero-order chi connectivity index (χ0) is 17.9. The van der Waals surface area contributed by atoms with Gasteiger partial charge in [0.1, 0.15) is 5.58 Å². The van der Waals surface area contributed by atoms with Gasteiger partial charge in [0.05, 0.1) is 6.54 Å². The predicted octanol–water partition coefficient (Wildman–Crippen LogP) is 1.66. The number of furan rings is 1. The van der Waals surface area contributed by atoms with Gasteiger partial charge in [0, 0.05) is 16.4 Å². The first-order valence-electron chi connectivity index (χ1n) is 7.56. The number of amides is 3. The molecule has 1 heterocycles. The van der Waals surface area contributed by atoms with Gasteiger partial charge in [-0.2, -0.15) is 0 Å². The summed E-state index contributed by atoms with van der Waals surface area (Å²) in [5.41, 5.74) is 5.23. The van der Waals surface area contributed by atoms with E-state index in [0.29, 0.717) is 11.1 Å². The highest BCUT2D eigenvalue weighted by Crippen LogP contribution is 2.24. The van der Waals surface area contributed by atoms with E-state index >= 15 is 0 Å². The van der Waals surface area contributed by atoms with Crippen molar-refractivity contribution in [2.45, 2.75) is 27.7 Å². The van der Waals surface area contributed by atoms with Crippen LogP contribution in [0, 0.1) is 12.3 Å². The number of rotatable bonds is 3. The van der Waals surface area contributed by atoms with E-state index in [2.05, 4.69) is 16.2 Å². The quantitative estimate of drug-likeness (QED) is 0.745. The maximum absolute atomic E-state index is 12.1. The number of fused-ring (bicyclic) bond motifs is 1. The van der Waals surface area contributed by atoms with Crippen molar-refractivity contribution < 1.29 is 18.8 Å². The summed E-state index contributed by atoms with van der Waals surface area (Å²) in [7, 11) is 0. The summed E-state index contributed by atoms with van der Waals surface area (Å²) in [6.07, 6.45) is 0. The van der Waals surface area contributed by atoms with Crippen LogP contribution in [0.1, 0.15) is 36.9 Å². The van der Waals surface area contributed by atoms with Crippen molar-refractivity contribution in [3.63, 3.8) is 0 Å². The average Bonchev–Trinajstić information content (AvgIpc) is 2.87. The van der Waals surface area contributed by atoms with Gasteiger partial charge in [0.25, 0.3) is 5.91 Å². The number of hydrogen-bond acceptors (Lipinski definition) is 4. The van der Waals surface area contributed by atoms with E-state index in [1.54, 1.807) is 33.8 Å². The van der Waals surface area contributed by atoms with E-state index in [-0.39, 0.29) is 18.2 Å². The normalized spacial score (nSPS) is 11.2. The second-order valence-corrected chi connectivity index (χ2v) is 6.49. The van der Waals surface area contributed by atoms with Crippen molar-refractivity contribution in [2.75, 3.05) is 6.54 Å². The highest BCUT2D eigenvalue weighted by Gasteiger charge is 2.22. The molecular formula is C17H21N3O4. The third-order valence-electron chi connectivity index (χ3n) is 3.46. The molecule has 0 saturated heterocycles. The fourth-order valence-corrected chi connectivity index (χ4v) is 2.04. The van der Waals surface area contributed by atoms with Crippen molar-refractivity contribution >= 4 is 28.7 Å². The molecule has 1 aromatic carbocycles. The minimum Gasteiger partial charge on any atom is -0.451 e. The molecule has 0 aliphatic carbocycles. The van der Waals surface area contributed by atoms with Gasteiger partial charge in [-0.25, -0.2) is 0 Å². The zero-order valence-electron chi connectivity index (χ0n) is 14.1. The smallest absolute Gasteiger partial charge is 0.305 e. The van der Waals surface area contributed by atoms with Crippen LogP contribution in [0.5, 0.6) is 0 Å². The molecule has 3 N–H and O–H groups in total. The van der Waals surface area contributed by atoms with E-state index in [9.17, 15) is 14.4 Å². The third-order valence-corrected chi connectivity index (χ3v) is 3.46. The van der Waals surface area contributed by atoms with Crippen LogP contribution < -0.4 is 16.2 Å². The van der Waals surface area contributed by atoms with Crippen LogP contribution in [-0.2, 0) is 9.59 Å². The Bertz CT molecular complexity index is 787. The summed E-state index contributed by atoms with van der Waals surface area (Å²) in [6.45, 7) is 6.77. The first-order valence-corrected chi connectivity index (χ1v) is 7.56. The van der Waals surface area contributed by atoms with Crippen LogP contribution in [0.2, 0.25) is 0 Å². The molecule has 0 spiro atoms. The van der Waals surface area contributed by atoms with E-state index < -0.39 is 17.2 Å². The van der Waals surface area contributed by atoms with Gasteiger partial charge in [-0.1, -0.05) is 39.0 Å². The second kappa shape index (κ2) is 6.74. The molecule has 24 heavy (non-hydrogen) atoms. The van der Waals surface area contributed by atoms with Gasteiger partial charge < -0.3 is 9.73 Å². The van der Waals surface area contributed by atoms with Crippen molar-refractivity contribution in [3.8, 4) is 0 Å². The first-order chi connectivity index (χ1) is 11.2. The molecule has 2 aromatic rings. The number of benzene rings is 1. The van der Waals surface area contributed by atoms with E-state index in [1.807, 2.05) is 18.2 Å². The minimum atomic E-state index is -0.588. The molecule has 0 atom stereocenters. The molecule has 7 nitrogen and oxygen atoms in total.